The van der Waals surface area contributed by atoms with Crippen molar-refractivity contribution < 1.29 is 9.47 Å². The standard InChI is InChI=1S/C12H12INO2/c1-7-4-10(15-2)8-5-14-6-9(13)11(8)12(7)16-3/h4-6H,1-3H3. The Hall–Kier alpha value is -1.04. The summed E-state index contributed by atoms with van der Waals surface area (Å²) >= 11 is 2.26. The molecule has 4 heteroatoms. The van der Waals surface area contributed by atoms with Crippen molar-refractivity contribution in [2.45, 2.75) is 6.92 Å². The fourth-order valence-electron chi connectivity index (χ4n) is 1.82. The molecule has 0 aliphatic carbocycles. The second-order valence-electron chi connectivity index (χ2n) is 3.47. The summed E-state index contributed by atoms with van der Waals surface area (Å²) in [5, 5.41) is 2.05. The van der Waals surface area contributed by atoms with Crippen molar-refractivity contribution in [1.29, 1.82) is 0 Å². The third-order valence-corrected chi connectivity index (χ3v) is 3.34. The lowest BCUT2D eigenvalue weighted by Gasteiger charge is -2.13. The molecular formula is C12H12INO2. The maximum Gasteiger partial charge on any atom is 0.131 e. The van der Waals surface area contributed by atoms with Crippen LogP contribution in [0.3, 0.4) is 0 Å². The summed E-state index contributed by atoms with van der Waals surface area (Å²) in [7, 11) is 3.35. The molecule has 0 N–H and O–H groups in total. The van der Waals surface area contributed by atoms with Crippen molar-refractivity contribution in [3.8, 4) is 11.5 Å². The predicted octanol–water partition coefficient (Wildman–Crippen LogP) is 3.17. The average molecular weight is 329 g/mol. The van der Waals surface area contributed by atoms with Gasteiger partial charge in [-0.15, -0.1) is 0 Å². The summed E-state index contributed by atoms with van der Waals surface area (Å²) in [5.74, 6) is 1.72. The number of halogens is 1. The van der Waals surface area contributed by atoms with Gasteiger partial charge in [0.05, 0.1) is 14.2 Å². The van der Waals surface area contributed by atoms with Crippen molar-refractivity contribution in [3.63, 3.8) is 0 Å². The lowest BCUT2D eigenvalue weighted by Crippen LogP contribution is -1.95. The van der Waals surface area contributed by atoms with Crippen LogP contribution in [0.5, 0.6) is 11.5 Å². The average Bonchev–Trinajstić information content (AvgIpc) is 2.29. The molecule has 0 fully saturated rings. The molecule has 16 heavy (non-hydrogen) atoms. The lowest BCUT2D eigenvalue weighted by molar-refractivity contribution is 0.407. The van der Waals surface area contributed by atoms with Gasteiger partial charge in [-0.25, -0.2) is 0 Å². The fourth-order valence-corrected chi connectivity index (χ4v) is 2.52. The lowest BCUT2D eigenvalue weighted by atomic mass is 10.1. The van der Waals surface area contributed by atoms with Crippen LogP contribution in [-0.4, -0.2) is 19.2 Å². The van der Waals surface area contributed by atoms with Gasteiger partial charge < -0.3 is 9.47 Å². The minimum Gasteiger partial charge on any atom is -0.496 e. The van der Waals surface area contributed by atoms with E-state index in [9.17, 15) is 0 Å². The smallest absolute Gasteiger partial charge is 0.131 e. The fraction of sp³-hybridized carbons (Fsp3) is 0.250. The molecule has 0 amide bonds. The molecule has 1 aromatic heterocycles. The number of methoxy groups -OCH3 is 2. The van der Waals surface area contributed by atoms with Crippen LogP contribution in [0.1, 0.15) is 5.56 Å². The highest BCUT2D eigenvalue weighted by atomic mass is 127. The van der Waals surface area contributed by atoms with Gasteiger partial charge in [-0.2, -0.15) is 0 Å². The predicted molar refractivity (Wildman–Crippen MR) is 72.3 cm³/mol. The van der Waals surface area contributed by atoms with Gasteiger partial charge in [0.2, 0.25) is 0 Å². The Morgan fingerprint density at radius 2 is 1.94 bits per heavy atom. The van der Waals surface area contributed by atoms with E-state index < -0.39 is 0 Å². The molecule has 1 heterocycles. The Labute approximate surface area is 108 Å². The number of ether oxygens (including phenoxy) is 2. The topological polar surface area (TPSA) is 31.4 Å². The van der Waals surface area contributed by atoms with Crippen LogP contribution in [0.2, 0.25) is 0 Å². The molecule has 2 aromatic rings. The first-order valence-electron chi connectivity index (χ1n) is 4.83. The van der Waals surface area contributed by atoms with Crippen molar-refractivity contribution in [2.75, 3.05) is 14.2 Å². The number of hydrogen-bond acceptors (Lipinski definition) is 3. The highest BCUT2D eigenvalue weighted by Crippen LogP contribution is 2.38. The maximum atomic E-state index is 5.45. The molecular weight excluding hydrogens is 317 g/mol. The van der Waals surface area contributed by atoms with Crippen LogP contribution in [0.15, 0.2) is 18.5 Å². The zero-order chi connectivity index (χ0) is 11.7. The van der Waals surface area contributed by atoms with E-state index in [0.29, 0.717) is 0 Å². The van der Waals surface area contributed by atoms with E-state index in [1.807, 2.05) is 19.2 Å². The van der Waals surface area contributed by atoms with E-state index in [1.165, 1.54) is 0 Å². The number of hydrogen-bond donors (Lipinski definition) is 0. The normalized spacial score (nSPS) is 10.5. The van der Waals surface area contributed by atoms with E-state index in [-0.39, 0.29) is 0 Å². The first-order chi connectivity index (χ1) is 7.69. The van der Waals surface area contributed by atoms with Crippen molar-refractivity contribution in [2.24, 2.45) is 0 Å². The summed E-state index contributed by atoms with van der Waals surface area (Å²) in [6.45, 7) is 2.01. The minimum atomic E-state index is 0.833. The zero-order valence-electron chi connectivity index (χ0n) is 9.37. The van der Waals surface area contributed by atoms with Crippen LogP contribution in [-0.2, 0) is 0 Å². The van der Waals surface area contributed by atoms with Crippen LogP contribution in [0, 0.1) is 10.5 Å². The molecule has 0 atom stereocenters. The van der Waals surface area contributed by atoms with E-state index in [0.717, 1.165) is 31.4 Å². The third-order valence-electron chi connectivity index (χ3n) is 2.52. The summed E-state index contributed by atoms with van der Waals surface area (Å²) in [6, 6.07) is 1.97. The summed E-state index contributed by atoms with van der Waals surface area (Å²) in [5.41, 5.74) is 1.07. The highest BCUT2D eigenvalue weighted by molar-refractivity contribution is 14.1. The Bertz CT molecular complexity index is 540. The summed E-state index contributed by atoms with van der Waals surface area (Å²) in [6.07, 6.45) is 3.63. The van der Waals surface area contributed by atoms with Crippen LogP contribution in [0.25, 0.3) is 10.8 Å². The van der Waals surface area contributed by atoms with E-state index in [4.69, 9.17) is 9.47 Å². The Morgan fingerprint density at radius 1 is 1.19 bits per heavy atom. The minimum absolute atomic E-state index is 0.833. The molecule has 0 saturated heterocycles. The Morgan fingerprint density at radius 3 is 2.56 bits per heavy atom. The van der Waals surface area contributed by atoms with E-state index in [1.54, 1.807) is 20.4 Å². The van der Waals surface area contributed by atoms with Gasteiger partial charge in [-0.1, -0.05) is 0 Å². The van der Waals surface area contributed by atoms with Crippen LogP contribution in [0.4, 0.5) is 0 Å². The van der Waals surface area contributed by atoms with Crippen LogP contribution >= 0.6 is 22.6 Å². The Kier molecular flexibility index (Phi) is 3.18. The highest BCUT2D eigenvalue weighted by Gasteiger charge is 2.13. The van der Waals surface area contributed by atoms with Crippen molar-refractivity contribution >= 4 is 33.4 Å². The van der Waals surface area contributed by atoms with Crippen molar-refractivity contribution in [3.05, 3.63) is 27.6 Å². The molecule has 0 spiro atoms. The second-order valence-corrected chi connectivity index (χ2v) is 4.64. The molecule has 2 rings (SSSR count). The molecule has 0 bridgehead atoms. The first kappa shape index (κ1) is 11.4. The number of pyridine rings is 1. The van der Waals surface area contributed by atoms with Crippen LogP contribution < -0.4 is 9.47 Å². The number of aryl methyl sites for hydroxylation is 1. The van der Waals surface area contributed by atoms with E-state index in [2.05, 4.69) is 27.6 Å². The summed E-state index contributed by atoms with van der Waals surface area (Å²) in [4.78, 5) is 4.18. The van der Waals surface area contributed by atoms with E-state index >= 15 is 0 Å². The Balaban J connectivity index is 2.94. The number of aromatic nitrogens is 1. The molecule has 0 aliphatic rings. The molecule has 0 saturated carbocycles. The number of nitrogens with zero attached hydrogens (tertiary/aromatic N) is 1. The summed E-state index contributed by atoms with van der Waals surface area (Å²) < 4.78 is 11.9. The van der Waals surface area contributed by atoms with Gasteiger partial charge in [-0.05, 0) is 41.1 Å². The van der Waals surface area contributed by atoms with Gasteiger partial charge in [0.15, 0.2) is 0 Å². The molecule has 0 radical (unpaired) electrons. The second kappa shape index (κ2) is 4.45. The molecule has 84 valence electrons. The third kappa shape index (κ3) is 1.71. The monoisotopic (exact) mass is 329 g/mol. The molecule has 3 nitrogen and oxygen atoms in total. The van der Waals surface area contributed by atoms with Gasteiger partial charge in [0, 0.05) is 26.7 Å². The maximum absolute atomic E-state index is 5.45. The van der Waals surface area contributed by atoms with Crippen molar-refractivity contribution in [1.82, 2.24) is 4.98 Å². The zero-order valence-corrected chi connectivity index (χ0v) is 11.5. The number of benzene rings is 1. The quantitative estimate of drug-likeness (QED) is 0.793. The van der Waals surface area contributed by atoms with Gasteiger partial charge in [0.25, 0.3) is 0 Å². The first-order valence-corrected chi connectivity index (χ1v) is 5.91. The van der Waals surface area contributed by atoms with Gasteiger partial charge in [0.1, 0.15) is 11.5 Å². The van der Waals surface area contributed by atoms with Gasteiger partial charge >= 0.3 is 0 Å². The largest absolute Gasteiger partial charge is 0.496 e. The molecule has 0 aliphatic heterocycles. The van der Waals surface area contributed by atoms with Gasteiger partial charge in [-0.3, -0.25) is 4.98 Å². The molecule has 1 aromatic carbocycles. The SMILES string of the molecule is COc1cc(C)c(OC)c2c(I)cncc12. The number of rotatable bonds is 2. The molecule has 0 unspecified atom stereocenters. The number of fused-ring (bicyclic) bond motifs is 1.